The van der Waals surface area contributed by atoms with Gasteiger partial charge in [0.15, 0.2) is 0 Å². The van der Waals surface area contributed by atoms with E-state index in [2.05, 4.69) is 0 Å². The maximum atomic E-state index is 13.3. The third kappa shape index (κ3) is 4.44. The molecule has 3 rings (SSSR count). The summed E-state index contributed by atoms with van der Waals surface area (Å²) in [7, 11) is 0. The van der Waals surface area contributed by atoms with Crippen molar-refractivity contribution >= 4 is 11.9 Å². The van der Waals surface area contributed by atoms with Crippen LogP contribution < -0.4 is 0 Å². The van der Waals surface area contributed by atoms with Gasteiger partial charge in [-0.15, -0.1) is 0 Å². The Morgan fingerprint density at radius 1 is 1.14 bits per heavy atom. The topological polar surface area (TPSA) is 46.6 Å². The van der Waals surface area contributed by atoms with Crippen LogP contribution in [0.2, 0.25) is 0 Å². The predicted octanol–water partition coefficient (Wildman–Crippen LogP) is 4.69. The van der Waals surface area contributed by atoms with Crippen molar-refractivity contribution in [2.45, 2.75) is 39.0 Å². The number of carbonyl (C=O) groups excluding carboxylic acids is 2. The molecule has 0 bridgehead atoms. The van der Waals surface area contributed by atoms with Crippen molar-refractivity contribution in [3.05, 3.63) is 70.8 Å². The highest BCUT2D eigenvalue weighted by molar-refractivity contribution is 5.98. The molecule has 0 spiro atoms. The van der Waals surface area contributed by atoms with Gasteiger partial charge >= 0.3 is 12.1 Å². The summed E-state index contributed by atoms with van der Waals surface area (Å²) >= 11 is 0. The number of amides is 1. The Labute approximate surface area is 167 Å². The van der Waals surface area contributed by atoms with Crippen LogP contribution in [0.4, 0.5) is 13.2 Å². The number of ether oxygens (including phenoxy) is 1. The van der Waals surface area contributed by atoms with Gasteiger partial charge in [-0.05, 0) is 29.7 Å². The van der Waals surface area contributed by atoms with Crippen LogP contribution in [0.1, 0.15) is 46.8 Å². The van der Waals surface area contributed by atoms with Crippen molar-refractivity contribution < 1.29 is 27.5 Å². The summed E-state index contributed by atoms with van der Waals surface area (Å²) in [5.74, 6) is -4.27. The second-order valence-electron chi connectivity index (χ2n) is 7.12. The van der Waals surface area contributed by atoms with E-state index in [9.17, 15) is 22.8 Å². The van der Waals surface area contributed by atoms with Crippen LogP contribution in [0.25, 0.3) is 0 Å². The molecule has 4 nitrogen and oxygen atoms in total. The number of esters is 1. The van der Waals surface area contributed by atoms with Gasteiger partial charge in [0.1, 0.15) is 0 Å². The summed E-state index contributed by atoms with van der Waals surface area (Å²) in [6.07, 6.45) is -4.52. The van der Waals surface area contributed by atoms with Crippen molar-refractivity contribution in [1.82, 2.24) is 4.90 Å². The number of alkyl halides is 3. The van der Waals surface area contributed by atoms with Gasteiger partial charge in [-0.3, -0.25) is 9.59 Å². The van der Waals surface area contributed by atoms with E-state index in [0.717, 1.165) is 18.1 Å². The van der Waals surface area contributed by atoms with Crippen LogP contribution >= 0.6 is 0 Å². The summed E-state index contributed by atoms with van der Waals surface area (Å²) in [6, 6.07) is 13.7. The molecule has 0 aromatic heterocycles. The van der Waals surface area contributed by atoms with E-state index in [1.807, 2.05) is 18.2 Å². The minimum atomic E-state index is -4.52. The molecule has 29 heavy (non-hydrogen) atoms. The van der Waals surface area contributed by atoms with Gasteiger partial charge in [0, 0.05) is 18.7 Å². The molecule has 1 amide bonds. The molecule has 0 saturated carbocycles. The van der Waals surface area contributed by atoms with Gasteiger partial charge in [-0.25, -0.2) is 0 Å². The first-order valence-corrected chi connectivity index (χ1v) is 9.41. The zero-order chi connectivity index (χ0) is 21.2. The molecule has 0 radical (unpaired) electrons. The monoisotopic (exact) mass is 405 g/mol. The van der Waals surface area contributed by atoms with Crippen LogP contribution in [0.3, 0.4) is 0 Å². The molecule has 2 aromatic carbocycles. The van der Waals surface area contributed by atoms with Crippen molar-refractivity contribution in [2.24, 2.45) is 5.92 Å². The average Bonchev–Trinajstić information content (AvgIpc) is 2.99. The van der Waals surface area contributed by atoms with Crippen LogP contribution in [0.5, 0.6) is 0 Å². The van der Waals surface area contributed by atoms with Gasteiger partial charge < -0.3 is 9.64 Å². The summed E-state index contributed by atoms with van der Waals surface area (Å²) in [5, 5.41) is 0. The molecule has 0 aliphatic carbocycles. The number of nitrogens with zero attached hydrogens (tertiary/aromatic N) is 1. The molecule has 2 unspecified atom stereocenters. The Hall–Kier alpha value is -2.83. The SMILES string of the molecule is CCOC(=O)C(c1ccc(CN2Cc3ccccc3C2=O)cc1)C(C)C(F)(F)F. The van der Waals surface area contributed by atoms with Crippen molar-refractivity contribution in [3.63, 3.8) is 0 Å². The quantitative estimate of drug-likeness (QED) is 0.655. The number of halogens is 3. The summed E-state index contributed by atoms with van der Waals surface area (Å²) in [6.45, 7) is 3.38. The Morgan fingerprint density at radius 3 is 2.38 bits per heavy atom. The Balaban J connectivity index is 1.77. The number of carbonyl (C=O) groups is 2. The summed E-state index contributed by atoms with van der Waals surface area (Å²) < 4.78 is 44.6. The molecule has 1 heterocycles. The number of rotatable bonds is 6. The molecule has 2 atom stereocenters. The van der Waals surface area contributed by atoms with E-state index in [1.165, 1.54) is 12.1 Å². The molecular formula is C22H22F3NO3. The first kappa shape index (κ1) is 20.9. The highest BCUT2D eigenvalue weighted by Crippen LogP contribution is 2.38. The van der Waals surface area contributed by atoms with Gasteiger partial charge in [-0.1, -0.05) is 49.4 Å². The lowest BCUT2D eigenvalue weighted by Gasteiger charge is -2.25. The lowest BCUT2D eigenvalue weighted by atomic mass is 9.86. The average molecular weight is 405 g/mol. The van der Waals surface area contributed by atoms with E-state index < -0.39 is 24.0 Å². The minimum absolute atomic E-state index is 0.00955. The maximum absolute atomic E-state index is 13.3. The minimum Gasteiger partial charge on any atom is -0.466 e. The van der Waals surface area contributed by atoms with Crippen LogP contribution in [0, 0.1) is 5.92 Å². The van der Waals surface area contributed by atoms with Crippen molar-refractivity contribution in [2.75, 3.05) is 6.61 Å². The van der Waals surface area contributed by atoms with Crippen LogP contribution in [-0.4, -0.2) is 29.6 Å². The largest absolute Gasteiger partial charge is 0.466 e. The third-order valence-corrected chi connectivity index (χ3v) is 5.17. The summed E-state index contributed by atoms with van der Waals surface area (Å²) in [5.41, 5.74) is 2.64. The van der Waals surface area contributed by atoms with E-state index in [4.69, 9.17) is 4.74 Å². The standard InChI is InChI=1S/C22H22F3NO3/c1-3-29-21(28)19(14(2)22(23,24)25)16-10-8-15(9-11-16)12-26-13-17-6-4-5-7-18(17)20(26)27/h4-11,14,19H,3,12-13H2,1-2H3. The fourth-order valence-electron chi connectivity index (χ4n) is 3.54. The molecule has 2 aromatic rings. The maximum Gasteiger partial charge on any atom is 0.392 e. The van der Waals surface area contributed by atoms with Crippen LogP contribution in [-0.2, 0) is 22.6 Å². The normalized spacial score (nSPS) is 15.8. The highest BCUT2D eigenvalue weighted by Gasteiger charge is 2.45. The molecule has 0 fully saturated rings. The van der Waals surface area contributed by atoms with Crippen LogP contribution in [0.15, 0.2) is 48.5 Å². The lowest BCUT2D eigenvalue weighted by molar-refractivity contribution is -0.185. The van der Waals surface area contributed by atoms with E-state index in [0.29, 0.717) is 18.7 Å². The fourth-order valence-corrected chi connectivity index (χ4v) is 3.54. The molecule has 154 valence electrons. The molecule has 1 aliphatic rings. The number of benzene rings is 2. The molecular weight excluding hydrogens is 383 g/mol. The molecule has 0 N–H and O–H groups in total. The molecule has 7 heteroatoms. The van der Waals surface area contributed by atoms with E-state index >= 15 is 0 Å². The van der Waals surface area contributed by atoms with Crippen molar-refractivity contribution in [1.29, 1.82) is 0 Å². The Morgan fingerprint density at radius 2 is 1.79 bits per heavy atom. The summed E-state index contributed by atoms with van der Waals surface area (Å²) in [4.78, 5) is 26.3. The highest BCUT2D eigenvalue weighted by atomic mass is 19.4. The van der Waals surface area contributed by atoms with Gasteiger partial charge in [0.2, 0.25) is 0 Å². The van der Waals surface area contributed by atoms with Gasteiger partial charge in [-0.2, -0.15) is 13.2 Å². The lowest BCUT2D eigenvalue weighted by Crippen LogP contribution is -2.32. The number of hydrogen-bond donors (Lipinski definition) is 0. The van der Waals surface area contributed by atoms with Gasteiger partial charge in [0.05, 0.1) is 18.4 Å². The zero-order valence-electron chi connectivity index (χ0n) is 16.2. The molecule has 1 aliphatic heterocycles. The molecule has 0 saturated heterocycles. The number of hydrogen-bond acceptors (Lipinski definition) is 3. The fraction of sp³-hybridized carbons (Fsp3) is 0.364. The van der Waals surface area contributed by atoms with Gasteiger partial charge in [0.25, 0.3) is 5.91 Å². The van der Waals surface area contributed by atoms with Crippen molar-refractivity contribution in [3.8, 4) is 0 Å². The van der Waals surface area contributed by atoms with E-state index in [-0.39, 0.29) is 18.1 Å². The third-order valence-electron chi connectivity index (χ3n) is 5.17. The Bertz CT molecular complexity index is 893. The smallest absolute Gasteiger partial charge is 0.392 e. The Kier molecular flexibility index (Phi) is 5.96. The first-order chi connectivity index (χ1) is 13.7. The van der Waals surface area contributed by atoms with E-state index in [1.54, 1.807) is 30.0 Å². The predicted molar refractivity (Wildman–Crippen MR) is 101 cm³/mol. The second-order valence-corrected chi connectivity index (χ2v) is 7.12. The zero-order valence-corrected chi connectivity index (χ0v) is 16.2. The number of fused-ring (bicyclic) bond motifs is 1. The second kappa shape index (κ2) is 8.27. The first-order valence-electron chi connectivity index (χ1n) is 9.41.